The summed E-state index contributed by atoms with van der Waals surface area (Å²) < 4.78 is 10.6. The number of nitrogens with one attached hydrogen (secondary N) is 1. The van der Waals surface area contributed by atoms with E-state index in [4.69, 9.17) is 9.47 Å². The lowest BCUT2D eigenvalue weighted by Gasteiger charge is -2.24. The quantitative estimate of drug-likeness (QED) is 0.896. The first kappa shape index (κ1) is 16.9. The van der Waals surface area contributed by atoms with E-state index in [2.05, 4.69) is 5.32 Å². The smallest absolute Gasteiger partial charge is 0.232 e. The summed E-state index contributed by atoms with van der Waals surface area (Å²) in [5.74, 6) is -0.0991. The van der Waals surface area contributed by atoms with Gasteiger partial charge in [-0.3, -0.25) is 9.59 Å². The van der Waals surface area contributed by atoms with Crippen molar-refractivity contribution in [1.82, 2.24) is 0 Å². The molecule has 6 heteroatoms. The van der Waals surface area contributed by atoms with E-state index in [9.17, 15) is 9.59 Å². The molecule has 0 radical (unpaired) electrons. The monoisotopic (exact) mass is 332 g/mol. The number of benzene rings is 1. The van der Waals surface area contributed by atoms with Crippen LogP contribution in [0, 0.1) is 11.8 Å². The SMILES string of the molecule is CCN(C(=O)[C@@H]1CCOC1)c1cccc(NC(=O)[C@@H]2CCOC2)c1. The van der Waals surface area contributed by atoms with E-state index in [-0.39, 0.29) is 23.7 Å². The number of anilines is 2. The number of ether oxygens (including phenoxy) is 2. The van der Waals surface area contributed by atoms with E-state index < -0.39 is 0 Å². The summed E-state index contributed by atoms with van der Waals surface area (Å²) in [6.45, 7) is 4.80. The van der Waals surface area contributed by atoms with Gasteiger partial charge in [0.1, 0.15) is 0 Å². The third kappa shape index (κ3) is 3.76. The first-order chi connectivity index (χ1) is 11.7. The maximum Gasteiger partial charge on any atom is 0.232 e. The summed E-state index contributed by atoms with van der Waals surface area (Å²) in [7, 11) is 0. The zero-order valence-electron chi connectivity index (χ0n) is 14.0. The van der Waals surface area contributed by atoms with Crippen molar-refractivity contribution in [3.05, 3.63) is 24.3 Å². The fourth-order valence-corrected chi connectivity index (χ4v) is 3.15. The van der Waals surface area contributed by atoms with Crippen LogP contribution in [-0.4, -0.2) is 44.8 Å². The molecule has 1 aromatic carbocycles. The van der Waals surface area contributed by atoms with Crippen LogP contribution in [-0.2, 0) is 19.1 Å². The Kier molecular flexibility index (Phi) is 5.48. The molecular formula is C18H24N2O4. The Morgan fingerprint density at radius 3 is 2.50 bits per heavy atom. The molecule has 2 aliphatic rings. The van der Waals surface area contributed by atoms with Gasteiger partial charge in [0, 0.05) is 31.1 Å². The molecular weight excluding hydrogens is 308 g/mol. The number of hydrogen-bond acceptors (Lipinski definition) is 4. The summed E-state index contributed by atoms with van der Waals surface area (Å²) >= 11 is 0. The molecule has 3 rings (SSSR count). The van der Waals surface area contributed by atoms with Gasteiger partial charge in [0.05, 0.1) is 25.0 Å². The summed E-state index contributed by atoms with van der Waals surface area (Å²) in [4.78, 5) is 26.6. The fraction of sp³-hybridized carbons (Fsp3) is 0.556. The predicted molar refractivity (Wildman–Crippen MR) is 91.0 cm³/mol. The van der Waals surface area contributed by atoms with Crippen molar-refractivity contribution in [2.45, 2.75) is 19.8 Å². The molecule has 0 unspecified atom stereocenters. The van der Waals surface area contributed by atoms with Gasteiger partial charge in [0.2, 0.25) is 11.8 Å². The number of hydrogen-bond donors (Lipinski definition) is 1. The van der Waals surface area contributed by atoms with E-state index in [1.54, 1.807) is 4.90 Å². The first-order valence-electron chi connectivity index (χ1n) is 8.57. The molecule has 130 valence electrons. The Balaban J connectivity index is 1.70. The van der Waals surface area contributed by atoms with Crippen molar-refractivity contribution in [2.75, 3.05) is 43.2 Å². The van der Waals surface area contributed by atoms with E-state index in [0.29, 0.717) is 38.7 Å². The molecule has 0 saturated carbocycles. The van der Waals surface area contributed by atoms with Crippen molar-refractivity contribution in [2.24, 2.45) is 11.8 Å². The highest BCUT2D eigenvalue weighted by molar-refractivity contribution is 5.97. The van der Waals surface area contributed by atoms with E-state index in [1.165, 1.54) is 0 Å². The molecule has 0 aliphatic carbocycles. The molecule has 2 amide bonds. The average molecular weight is 332 g/mol. The van der Waals surface area contributed by atoms with E-state index in [1.807, 2.05) is 31.2 Å². The molecule has 6 nitrogen and oxygen atoms in total. The molecule has 2 atom stereocenters. The highest BCUT2D eigenvalue weighted by Crippen LogP contribution is 2.24. The van der Waals surface area contributed by atoms with Gasteiger partial charge in [0.25, 0.3) is 0 Å². The number of nitrogens with zero attached hydrogens (tertiary/aromatic N) is 1. The van der Waals surface area contributed by atoms with Crippen LogP contribution in [0.1, 0.15) is 19.8 Å². The molecule has 1 N–H and O–H groups in total. The third-order valence-corrected chi connectivity index (χ3v) is 4.59. The van der Waals surface area contributed by atoms with E-state index >= 15 is 0 Å². The minimum atomic E-state index is -0.0896. The summed E-state index contributed by atoms with van der Waals surface area (Å²) in [5.41, 5.74) is 1.51. The minimum absolute atomic E-state index is 0.0248. The second-order valence-electron chi connectivity index (χ2n) is 6.24. The second-order valence-corrected chi connectivity index (χ2v) is 6.24. The molecule has 0 spiro atoms. The highest BCUT2D eigenvalue weighted by atomic mass is 16.5. The van der Waals surface area contributed by atoms with Crippen molar-refractivity contribution in [3.8, 4) is 0 Å². The van der Waals surface area contributed by atoms with Crippen LogP contribution in [0.2, 0.25) is 0 Å². The van der Waals surface area contributed by atoms with Crippen LogP contribution >= 0.6 is 0 Å². The van der Waals surface area contributed by atoms with E-state index in [0.717, 1.165) is 18.5 Å². The van der Waals surface area contributed by atoms with Crippen molar-refractivity contribution in [3.63, 3.8) is 0 Å². The van der Waals surface area contributed by atoms with Gasteiger partial charge in [-0.15, -0.1) is 0 Å². The van der Waals surface area contributed by atoms with Crippen LogP contribution in [0.5, 0.6) is 0 Å². The topological polar surface area (TPSA) is 67.9 Å². The number of rotatable bonds is 5. The van der Waals surface area contributed by atoms with Gasteiger partial charge in [-0.05, 0) is 38.0 Å². The van der Waals surface area contributed by atoms with Gasteiger partial charge in [-0.2, -0.15) is 0 Å². The third-order valence-electron chi connectivity index (χ3n) is 4.59. The Labute approximate surface area is 142 Å². The van der Waals surface area contributed by atoms with Gasteiger partial charge >= 0.3 is 0 Å². The molecule has 2 heterocycles. The summed E-state index contributed by atoms with van der Waals surface area (Å²) in [6.07, 6.45) is 1.53. The van der Waals surface area contributed by atoms with Gasteiger partial charge in [-0.1, -0.05) is 6.07 Å². The van der Waals surface area contributed by atoms with Crippen molar-refractivity contribution >= 4 is 23.2 Å². The normalized spacial score (nSPS) is 23.2. The lowest BCUT2D eigenvalue weighted by molar-refractivity contribution is -0.122. The maximum absolute atomic E-state index is 12.7. The summed E-state index contributed by atoms with van der Waals surface area (Å²) in [6, 6.07) is 7.45. The zero-order chi connectivity index (χ0) is 16.9. The van der Waals surface area contributed by atoms with Gasteiger partial charge < -0.3 is 19.7 Å². The molecule has 2 aliphatic heterocycles. The van der Waals surface area contributed by atoms with Crippen molar-refractivity contribution < 1.29 is 19.1 Å². The van der Waals surface area contributed by atoms with Gasteiger partial charge in [0.15, 0.2) is 0 Å². The first-order valence-corrected chi connectivity index (χ1v) is 8.57. The van der Waals surface area contributed by atoms with Crippen LogP contribution in [0.15, 0.2) is 24.3 Å². The standard InChI is InChI=1S/C18H24N2O4/c1-2-20(18(22)14-7-9-24-12-14)16-5-3-4-15(10-16)19-17(21)13-6-8-23-11-13/h3-5,10,13-14H,2,6-9,11-12H2,1H3,(H,19,21)/t13-,14-/m1/s1. The van der Waals surface area contributed by atoms with Crippen LogP contribution in [0.4, 0.5) is 11.4 Å². The number of carbonyl (C=O) groups excluding carboxylic acids is 2. The molecule has 2 saturated heterocycles. The Morgan fingerprint density at radius 2 is 1.88 bits per heavy atom. The maximum atomic E-state index is 12.7. The van der Waals surface area contributed by atoms with Crippen molar-refractivity contribution in [1.29, 1.82) is 0 Å². The average Bonchev–Trinajstić information content (AvgIpc) is 3.29. The molecule has 24 heavy (non-hydrogen) atoms. The lowest BCUT2D eigenvalue weighted by atomic mass is 10.1. The molecule has 0 aromatic heterocycles. The second kappa shape index (κ2) is 7.77. The van der Waals surface area contributed by atoms with Crippen LogP contribution < -0.4 is 10.2 Å². The Morgan fingerprint density at radius 1 is 1.17 bits per heavy atom. The molecule has 1 aromatic rings. The number of amides is 2. The largest absolute Gasteiger partial charge is 0.381 e. The molecule has 2 fully saturated rings. The lowest BCUT2D eigenvalue weighted by Crippen LogP contribution is -2.36. The zero-order valence-corrected chi connectivity index (χ0v) is 14.0. The molecule has 0 bridgehead atoms. The van der Waals surface area contributed by atoms with Crippen LogP contribution in [0.3, 0.4) is 0 Å². The Hall–Kier alpha value is -1.92. The Bertz CT molecular complexity index is 592. The number of carbonyl (C=O) groups is 2. The van der Waals surface area contributed by atoms with Gasteiger partial charge in [-0.25, -0.2) is 0 Å². The highest BCUT2D eigenvalue weighted by Gasteiger charge is 2.28. The predicted octanol–water partition coefficient (Wildman–Crippen LogP) is 2.05. The minimum Gasteiger partial charge on any atom is -0.381 e. The fourth-order valence-electron chi connectivity index (χ4n) is 3.15. The summed E-state index contributed by atoms with van der Waals surface area (Å²) in [5, 5.41) is 2.93. The van der Waals surface area contributed by atoms with Crippen LogP contribution in [0.25, 0.3) is 0 Å².